The van der Waals surface area contributed by atoms with Gasteiger partial charge in [0, 0.05) is 23.4 Å². The van der Waals surface area contributed by atoms with Crippen molar-refractivity contribution in [3.63, 3.8) is 0 Å². The van der Waals surface area contributed by atoms with Crippen LogP contribution >= 0.6 is 11.3 Å². The lowest BCUT2D eigenvalue weighted by molar-refractivity contribution is 0.535. The van der Waals surface area contributed by atoms with Gasteiger partial charge in [0.1, 0.15) is 0 Å². The summed E-state index contributed by atoms with van der Waals surface area (Å²) in [6.07, 6.45) is 6.25. The van der Waals surface area contributed by atoms with Crippen LogP contribution in [-0.4, -0.2) is 11.0 Å². The molecule has 0 aromatic carbocycles. The van der Waals surface area contributed by atoms with Crippen LogP contribution in [0.1, 0.15) is 68.0 Å². The molecule has 0 aliphatic heterocycles. The second-order valence-electron chi connectivity index (χ2n) is 5.14. The van der Waals surface area contributed by atoms with E-state index in [1.54, 1.807) is 0 Å². The smallest absolute Gasteiger partial charge is 0.0962 e. The molecule has 1 N–H and O–H groups in total. The highest BCUT2D eigenvalue weighted by atomic mass is 32.1. The third-order valence-electron chi connectivity index (χ3n) is 3.43. The molecular formula is C14H24N2S. The third-order valence-corrected chi connectivity index (χ3v) is 4.69. The highest BCUT2D eigenvalue weighted by molar-refractivity contribution is 7.11. The molecule has 3 heteroatoms. The van der Waals surface area contributed by atoms with Crippen molar-refractivity contribution < 1.29 is 0 Å². The van der Waals surface area contributed by atoms with E-state index in [1.165, 1.54) is 41.3 Å². The molecule has 1 aromatic heterocycles. The van der Waals surface area contributed by atoms with E-state index in [1.807, 2.05) is 11.3 Å². The number of hydrogen-bond acceptors (Lipinski definition) is 3. The van der Waals surface area contributed by atoms with Crippen molar-refractivity contribution in [2.24, 2.45) is 0 Å². The minimum Gasteiger partial charge on any atom is -0.309 e. The second-order valence-corrected chi connectivity index (χ2v) is 6.25. The normalized spacial score (nSPS) is 17.4. The Morgan fingerprint density at radius 3 is 2.76 bits per heavy atom. The minimum absolute atomic E-state index is 0.607. The number of nitrogens with one attached hydrogen (secondary N) is 1. The van der Waals surface area contributed by atoms with Crippen LogP contribution < -0.4 is 5.32 Å². The average Bonchev–Trinajstić information content (AvgIpc) is 3.10. The number of nitrogens with zero attached hydrogens (tertiary/aromatic N) is 1. The molecule has 0 radical (unpaired) electrons. The van der Waals surface area contributed by atoms with Crippen molar-refractivity contribution in [2.75, 3.05) is 0 Å². The van der Waals surface area contributed by atoms with Crippen LogP contribution in [0, 0.1) is 0 Å². The summed E-state index contributed by atoms with van der Waals surface area (Å²) in [4.78, 5) is 6.32. The number of hydrogen-bond donors (Lipinski definition) is 1. The van der Waals surface area contributed by atoms with Gasteiger partial charge in [0.05, 0.1) is 10.7 Å². The molecule has 1 aromatic rings. The van der Waals surface area contributed by atoms with Gasteiger partial charge in [-0.1, -0.05) is 20.3 Å². The Hall–Kier alpha value is -0.410. The van der Waals surface area contributed by atoms with Crippen LogP contribution in [0.25, 0.3) is 0 Å². The standard InChI is InChI=1S/C14H24N2S/c1-4-6-12-13(9-15-10(3)5-2)17-14(16-12)11-7-8-11/h10-11,15H,4-9H2,1-3H3. The monoisotopic (exact) mass is 252 g/mol. The van der Waals surface area contributed by atoms with Gasteiger partial charge in [0.25, 0.3) is 0 Å². The fourth-order valence-electron chi connectivity index (χ4n) is 1.89. The minimum atomic E-state index is 0.607. The van der Waals surface area contributed by atoms with Crippen LogP contribution in [-0.2, 0) is 13.0 Å². The molecule has 1 heterocycles. The first-order valence-electron chi connectivity index (χ1n) is 6.96. The van der Waals surface area contributed by atoms with Gasteiger partial charge in [0.15, 0.2) is 0 Å². The Balaban J connectivity index is 2.01. The lowest BCUT2D eigenvalue weighted by atomic mass is 10.2. The quantitative estimate of drug-likeness (QED) is 0.797. The Morgan fingerprint density at radius 1 is 1.41 bits per heavy atom. The summed E-state index contributed by atoms with van der Waals surface area (Å²) in [7, 11) is 0. The molecule has 2 nitrogen and oxygen atoms in total. The topological polar surface area (TPSA) is 24.9 Å². The maximum Gasteiger partial charge on any atom is 0.0962 e. The Kier molecular flexibility index (Phi) is 4.57. The summed E-state index contributed by atoms with van der Waals surface area (Å²) >= 11 is 1.95. The summed E-state index contributed by atoms with van der Waals surface area (Å²) in [6, 6.07) is 0.607. The van der Waals surface area contributed by atoms with Crippen molar-refractivity contribution in [1.82, 2.24) is 10.3 Å². The maximum absolute atomic E-state index is 4.84. The van der Waals surface area contributed by atoms with Crippen molar-refractivity contribution >= 4 is 11.3 Å². The molecule has 0 saturated heterocycles. The largest absolute Gasteiger partial charge is 0.309 e. The summed E-state index contributed by atoms with van der Waals surface area (Å²) in [5.74, 6) is 0.799. The molecule has 0 amide bonds. The van der Waals surface area contributed by atoms with Crippen molar-refractivity contribution in [2.45, 2.75) is 71.4 Å². The molecular weight excluding hydrogens is 228 g/mol. The van der Waals surface area contributed by atoms with E-state index >= 15 is 0 Å². The van der Waals surface area contributed by atoms with Gasteiger partial charge in [0.2, 0.25) is 0 Å². The van der Waals surface area contributed by atoms with Crippen LogP contribution in [0.3, 0.4) is 0 Å². The van der Waals surface area contributed by atoms with Crippen LogP contribution in [0.5, 0.6) is 0 Å². The predicted molar refractivity (Wildman–Crippen MR) is 74.7 cm³/mol. The summed E-state index contributed by atoms with van der Waals surface area (Å²) in [5.41, 5.74) is 1.36. The summed E-state index contributed by atoms with van der Waals surface area (Å²) in [6.45, 7) is 7.73. The van der Waals surface area contributed by atoms with Gasteiger partial charge in [-0.25, -0.2) is 4.98 Å². The highest BCUT2D eigenvalue weighted by Gasteiger charge is 2.28. The van der Waals surface area contributed by atoms with Gasteiger partial charge in [-0.15, -0.1) is 11.3 Å². The Morgan fingerprint density at radius 2 is 2.18 bits per heavy atom. The van der Waals surface area contributed by atoms with Gasteiger partial charge in [-0.2, -0.15) is 0 Å². The van der Waals surface area contributed by atoms with Crippen LogP contribution in [0.15, 0.2) is 0 Å². The van der Waals surface area contributed by atoms with Crippen LogP contribution in [0.2, 0.25) is 0 Å². The van der Waals surface area contributed by atoms with E-state index < -0.39 is 0 Å². The molecule has 1 saturated carbocycles. The molecule has 0 spiro atoms. The third kappa shape index (κ3) is 3.52. The fraction of sp³-hybridized carbons (Fsp3) is 0.786. The number of aromatic nitrogens is 1. The first-order valence-corrected chi connectivity index (χ1v) is 7.78. The number of thiazole rings is 1. The Bertz CT molecular complexity index is 355. The molecule has 1 aliphatic carbocycles. The first kappa shape index (κ1) is 13.0. The summed E-state index contributed by atoms with van der Waals surface area (Å²) in [5, 5.41) is 4.99. The van der Waals surface area contributed by atoms with E-state index in [2.05, 4.69) is 26.1 Å². The van der Waals surface area contributed by atoms with Gasteiger partial charge >= 0.3 is 0 Å². The van der Waals surface area contributed by atoms with Gasteiger partial charge < -0.3 is 5.32 Å². The SMILES string of the molecule is CCCc1nc(C2CC2)sc1CNC(C)CC. The average molecular weight is 252 g/mol. The Labute approximate surface area is 109 Å². The lowest BCUT2D eigenvalue weighted by Crippen LogP contribution is -2.24. The van der Waals surface area contributed by atoms with E-state index in [-0.39, 0.29) is 0 Å². The van der Waals surface area contributed by atoms with Gasteiger partial charge in [-0.05, 0) is 32.6 Å². The van der Waals surface area contributed by atoms with E-state index in [9.17, 15) is 0 Å². The number of rotatable bonds is 7. The maximum atomic E-state index is 4.84. The lowest BCUT2D eigenvalue weighted by Gasteiger charge is -2.10. The fourth-order valence-corrected chi connectivity index (χ4v) is 3.12. The van der Waals surface area contributed by atoms with Crippen LogP contribution in [0.4, 0.5) is 0 Å². The molecule has 1 fully saturated rings. The summed E-state index contributed by atoms with van der Waals surface area (Å²) < 4.78 is 0. The molecule has 17 heavy (non-hydrogen) atoms. The van der Waals surface area contributed by atoms with Crippen molar-refractivity contribution in [1.29, 1.82) is 0 Å². The molecule has 96 valence electrons. The second kappa shape index (κ2) is 5.96. The molecule has 1 atom stereocenters. The first-order chi connectivity index (χ1) is 8.24. The highest BCUT2D eigenvalue weighted by Crippen LogP contribution is 2.42. The zero-order valence-corrected chi connectivity index (χ0v) is 12.1. The van der Waals surface area contributed by atoms with E-state index in [0.717, 1.165) is 18.9 Å². The van der Waals surface area contributed by atoms with Crippen molar-refractivity contribution in [3.8, 4) is 0 Å². The van der Waals surface area contributed by atoms with Crippen molar-refractivity contribution in [3.05, 3.63) is 15.6 Å². The zero-order valence-electron chi connectivity index (χ0n) is 11.3. The molecule has 0 bridgehead atoms. The molecule has 1 unspecified atom stereocenters. The predicted octanol–water partition coefficient (Wildman–Crippen LogP) is 3.86. The van der Waals surface area contributed by atoms with Gasteiger partial charge in [-0.3, -0.25) is 0 Å². The number of aryl methyl sites for hydroxylation is 1. The molecule has 2 rings (SSSR count). The van der Waals surface area contributed by atoms with E-state index in [4.69, 9.17) is 4.98 Å². The molecule has 1 aliphatic rings. The van der Waals surface area contributed by atoms with E-state index in [0.29, 0.717) is 6.04 Å². The zero-order chi connectivity index (χ0) is 12.3.